The number of aromatic nitrogens is 3. The molecule has 0 unspecified atom stereocenters. The van der Waals surface area contributed by atoms with E-state index in [1.807, 2.05) is 42.5 Å². The molecular weight excluding hydrogens is 550 g/mol. The number of nitriles is 2. The van der Waals surface area contributed by atoms with Gasteiger partial charge in [-0.2, -0.15) is 10.5 Å². The zero-order chi connectivity index (χ0) is 30.4. The van der Waals surface area contributed by atoms with E-state index in [9.17, 15) is 10.5 Å². The van der Waals surface area contributed by atoms with Crippen molar-refractivity contribution in [2.45, 2.75) is 19.3 Å². The Kier molecular flexibility index (Phi) is 5.03. The van der Waals surface area contributed by atoms with Gasteiger partial charge < -0.3 is 0 Å². The fourth-order valence-corrected chi connectivity index (χ4v) is 7.48. The van der Waals surface area contributed by atoms with Crippen LogP contribution >= 0.6 is 0 Å². The van der Waals surface area contributed by atoms with Crippen molar-refractivity contribution in [2.75, 3.05) is 0 Å². The van der Waals surface area contributed by atoms with Crippen LogP contribution < -0.4 is 0 Å². The van der Waals surface area contributed by atoms with Gasteiger partial charge in [-0.05, 0) is 89.0 Å². The van der Waals surface area contributed by atoms with Gasteiger partial charge in [0, 0.05) is 27.0 Å². The standard InChI is InChI=1S/C40H25N5/c1-40(2)32-10-5-3-8-26(32)28-20-31-27-9-4-6-11-34(27)45(37(31)21-33(28)40)39-13-7-12-38(43-39)44-35-16-14-24(22-41)18-29(35)30-19-25(23-42)15-17-36(30)44/h3-21H,1-2H3. The second-order valence-electron chi connectivity index (χ2n) is 12.3. The summed E-state index contributed by atoms with van der Waals surface area (Å²) in [4.78, 5) is 5.31. The third-order valence-corrected chi connectivity index (χ3v) is 9.58. The van der Waals surface area contributed by atoms with E-state index in [-0.39, 0.29) is 5.41 Å². The smallest absolute Gasteiger partial charge is 0.140 e. The molecule has 0 radical (unpaired) electrons. The minimum Gasteiger partial charge on any atom is -0.294 e. The SMILES string of the molecule is CC1(C)c2ccccc2-c2cc3c4ccccc4n(-c4cccc(-n5c6ccc(C#N)cc6c6cc(C#N)ccc65)n4)c3cc21. The van der Waals surface area contributed by atoms with Crippen LogP contribution in [0.2, 0.25) is 0 Å². The van der Waals surface area contributed by atoms with Crippen molar-refractivity contribution in [3.8, 4) is 34.9 Å². The first-order chi connectivity index (χ1) is 22.0. The molecular formula is C40H25N5. The molecule has 0 fully saturated rings. The largest absolute Gasteiger partial charge is 0.294 e. The van der Waals surface area contributed by atoms with Gasteiger partial charge in [0.15, 0.2) is 0 Å². The van der Waals surface area contributed by atoms with Crippen molar-refractivity contribution in [3.05, 3.63) is 138 Å². The maximum atomic E-state index is 9.63. The van der Waals surface area contributed by atoms with E-state index < -0.39 is 0 Å². The lowest BCUT2D eigenvalue weighted by Crippen LogP contribution is -2.15. The molecule has 1 aliphatic carbocycles. The van der Waals surface area contributed by atoms with E-state index >= 15 is 0 Å². The summed E-state index contributed by atoms with van der Waals surface area (Å²) in [5.74, 6) is 1.59. The van der Waals surface area contributed by atoms with E-state index in [1.165, 1.54) is 33.0 Å². The Morgan fingerprint density at radius 1 is 0.511 bits per heavy atom. The summed E-state index contributed by atoms with van der Waals surface area (Å²) in [5, 5.41) is 23.5. The van der Waals surface area contributed by atoms with Gasteiger partial charge in [-0.1, -0.05) is 62.4 Å². The summed E-state index contributed by atoms with van der Waals surface area (Å²) in [7, 11) is 0. The second kappa shape index (κ2) is 8.92. The third kappa shape index (κ3) is 3.38. The maximum Gasteiger partial charge on any atom is 0.140 e. The topological polar surface area (TPSA) is 70.3 Å². The summed E-state index contributed by atoms with van der Waals surface area (Å²) < 4.78 is 4.41. The second-order valence-corrected chi connectivity index (χ2v) is 12.3. The fraction of sp³-hybridized carbons (Fsp3) is 0.0750. The molecule has 0 saturated heterocycles. The minimum atomic E-state index is -0.121. The van der Waals surface area contributed by atoms with E-state index in [0.29, 0.717) is 11.1 Å². The van der Waals surface area contributed by atoms with Crippen molar-refractivity contribution in [1.82, 2.24) is 14.1 Å². The molecule has 0 aliphatic heterocycles. The molecule has 5 nitrogen and oxygen atoms in total. The minimum absolute atomic E-state index is 0.121. The molecule has 0 amide bonds. The van der Waals surface area contributed by atoms with Crippen LogP contribution in [0.1, 0.15) is 36.1 Å². The van der Waals surface area contributed by atoms with E-state index in [0.717, 1.165) is 44.5 Å². The Hall–Kier alpha value is -6.17. The Morgan fingerprint density at radius 3 is 1.78 bits per heavy atom. The normalized spacial score (nSPS) is 13.2. The highest BCUT2D eigenvalue weighted by Crippen LogP contribution is 2.50. The molecule has 3 aromatic heterocycles. The predicted molar refractivity (Wildman–Crippen MR) is 180 cm³/mol. The fourth-order valence-electron chi connectivity index (χ4n) is 7.48. The van der Waals surface area contributed by atoms with Crippen LogP contribution in [0.25, 0.3) is 66.4 Å². The van der Waals surface area contributed by atoms with Crippen molar-refractivity contribution >= 4 is 43.6 Å². The highest BCUT2D eigenvalue weighted by atomic mass is 15.1. The summed E-state index contributed by atoms with van der Waals surface area (Å²) in [6.45, 7) is 4.63. The number of hydrogen-bond acceptors (Lipinski definition) is 3. The number of pyridine rings is 1. The molecule has 0 saturated carbocycles. The Bertz CT molecular complexity index is 2580. The van der Waals surface area contributed by atoms with E-state index in [1.54, 1.807) is 0 Å². The lowest BCUT2D eigenvalue weighted by Gasteiger charge is -2.21. The first-order valence-corrected chi connectivity index (χ1v) is 15.0. The molecule has 5 heteroatoms. The predicted octanol–water partition coefficient (Wildman–Crippen LogP) is 9.33. The molecule has 9 rings (SSSR count). The highest BCUT2D eigenvalue weighted by Gasteiger charge is 2.36. The van der Waals surface area contributed by atoms with Crippen LogP contribution in [0.5, 0.6) is 0 Å². The molecule has 0 bridgehead atoms. The average molecular weight is 576 g/mol. The van der Waals surface area contributed by atoms with Crippen molar-refractivity contribution < 1.29 is 0 Å². The molecule has 1 aliphatic rings. The van der Waals surface area contributed by atoms with Gasteiger partial charge in [-0.3, -0.25) is 9.13 Å². The zero-order valence-corrected chi connectivity index (χ0v) is 24.7. The summed E-state index contributed by atoms with van der Waals surface area (Å²) in [6, 6.07) is 44.1. The number of rotatable bonds is 2. The molecule has 45 heavy (non-hydrogen) atoms. The van der Waals surface area contributed by atoms with Crippen LogP contribution in [-0.2, 0) is 5.41 Å². The van der Waals surface area contributed by atoms with Gasteiger partial charge in [-0.25, -0.2) is 4.98 Å². The Labute approximate surface area is 259 Å². The first kappa shape index (κ1) is 25.3. The summed E-state index contributed by atoms with van der Waals surface area (Å²) in [6.07, 6.45) is 0. The van der Waals surface area contributed by atoms with E-state index in [4.69, 9.17) is 4.98 Å². The van der Waals surface area contributed by atoms with Crippen molar-refractivity contribution in [2.24, 2.45) is 0 Å². The van der Waals surface area contributed by atoms with Crippen molar-refractivity contribution in [1.29, 1.82) is 10.5 Å². The van der Waals surface area contributed by atoms with Gasteiger partial charge >= 0.3 is 0 Å². The molecule has 5 aromatic carbocycles. The van der Waals surface area contributed by atoms with Gasteiger partial charge in [0.25, 0.3) is 0 Å². The van der Waals surface area contributed by atoms with Crippen LogP contribution in [0, 0.1) is 22.7 Å². The van der Waals surface area contributed by atoms with E-state index in [2.05, 4.69) is 108 Å². The Balaban J connectivity index is 1.33. The number of para-hydroxylation sites is 1. The monoisotopic (exact) mass is 575 g/mol. The quantitative estimate of drug-likeness (QED) is 0.206. The molecule has 210 valence electrons. The van der Waals surface area contributed by atoms with Crippen LogP contribution in [0.4, 0.5) is 0 Å². The van der Waals surface area contributed by atoms with Crippen LogP contribution in [0.15, 0.2) is 115 Å². The third-order valence-electron chi connectivity index (χ3n) is 9.58. The molecule has 3 heterocycles. The highest BCUT2D eigenvalue weighted by molar-refractivity contribution is 6.12. The lowest BCUT2D eigenvalue weighted by atomic mass is 9.82. The molecule has 8 aromatic rings. The van der Waals surface area contributed by atoms with Gasteiger partial charge in [0.05, 0.1) is 45.3 Å². The average Bonchev–Trinajstić information content (AvgIpc) is 3.66. The van der Waals surface area contributed by atoms with Gasteiger partial charge in [-0.15, -0.1) is 0 Å². The van der Waals surface area contributed by atoms with Crippen LogP contribution in [0.3, 0.4) is 0 Å². The molecule has 0 N–H and O–H groups in total. The lowest BCUT2D eigenvalue weighted by molar-refractivity contribution is 0.661. The number of benzene rings is 5. The number of nitrogens with zero attached hydrogens (tertiary/aromatic N) is 5. The van der Waals surface area contributed by atoms with Crippen LogP contribution in [-0.4, -0.2) is 14.1 Å². The van der Waals surface area contributed by atoms with Crippen molar-refractivity contribution in [3.63, 3.8) is 0 Å². The maximum absolute atomic E-state index is 9.63. The summed E-state index contributed by atoms with van der Waals surface area (Å²) in [5.41, 5.74) is 10.4. The first-order valence-electron chi connectivity index (χ1n) is 15.0. The van der Waals surface area contributed by atoms with Gasteiger partial charge in [0.1, 0.15) is 11.6 Å². The molecule has 0 spiro atoms. The number of fused-ring (bicyclic) bond motifs is 9. The molecule has 0 atom stereocenters. The summed E-state index contributed by atoms with van der Waals surface area (Å²) >= 11 is 0. The Morgan fingerprint density at radius 2 is 1.09 bits per heavy atom. The van der Waals surface area contributed by atoms with Gasteiger partial charge in [0.2, 0.25) is 0 Å². The zero-order valence-electron chi connectivity index (χ0n) is 24.7. The number of hydrogen-bond donors (Lipinski definition) is 0.